The van der Waals surface area contributed by atoms with Gasteiger partial charge in [0.25, 0.3) is 0 Å². The number of aliphatic carboxylic acids is 1. The van der Waals surface area contributed by atoms with Crippen molar-refractivity contribution in [1.82, 2.24) is 9.97 Å². The van der Waals surface area contributed by atoms with E-state index in [1.807, 2.05) is 29.8 Å². The van der Waals surface area contributed by atoms with Crippen molar-refractivity contribution in [3.8, 4) is 17.6 Å². The molecular weight excluding hydrogens is 412 g/mol. The van der Waals surface area contributed by atoms with Crippen LogP contribution in [-0.2, 0) is 15.3 Å². The van der Waals surface area contributed by atoms with E-state index < -0.39 is 5.97 Å². The van der Waals surface area contributed by atoms with Crippen LogP contribution in [0.15, 0.2) is 29.4 Å². The van der Waals surface area contributed by atoms with Gasteiger partial charge in [0.2, 0.25) is 0 Å². The Morgan fingerprint density at radius 1 is 1.21 bits per heavy atom. The molecule has 1 aliphatic rings. The lowest BCUT2D eigenvalue weighted by atomic mass is 10.0. The summed E-state index contributed by atoms with van der Waals surface area (Å²) in [5, 5.41) is 8.80. The highest BCUT2D eigenvalue weighted by atomic mass is 32.2. The van der Waals surface area contributed by atoms with Crippen LogP contribution in [0.25, 0.3) is 0 Å². The maximum atomic E-state index is 10.7. The molecule has 0 radical (unpaired) electrons. The second-order valence-electron chi connectivity index (χ2n) is 6.02. The van der Waals surface area contributed by atoms with Gasteiger partial charge in [0.05, 0.1) is 16.2 Å². The van der Waals surface area contributed by atoms with Crippen molar-refractivity contribution in [2.45, 2.75) is 21.8 Å². The Morgan fingerprint density at radius 3 is 2.54 bits per heavy atom. The molecule has 1 aliphatic heterocycles. The Labute approximate surface area is 177 Å². The zero-order chi connectivity index (χ0) is 20.1. The number of nitrogens with zero attached hydrogens (tertiary/aromatic N) is 2. The quantitative estimate of drug-likeness (QED) is 0.433. The third-order valence-electron chi connectivity index (χ3n) is 4.42. The van der Waals surface area contributed by atoms with Gasteiger partial charge in [-0.25, -0.2) is 9.97 Å². The van der Waals surface area contributed by atoms with Crippen molar-refractivity contribution in [2.75, 3.05) is 25.4 Å². The second-order valence-corrected chi connectivity index (χ2v) is 9.33. The van der Waals surface area contributed by atoms with Crippen LogP contribution in [0.4, 0.5) is 0 Å². The molecule has 0 spiro atoms. The van der Waals surface area contributed by atoms with E-state index in [0.717, 1.165) is 22.6 Å². The van der Waals surface area contributed by atoms with Crippen LogP contribution in [0.5, 0.6) is 5.75 Å². The first-order valence-corrected chi connectivity index (χ1v) is 12.2. The Morgan fingerprint density at radius 2 is 1.93 bits per heavy atom. The number of fused-ring (bicyclic) bond motifs is 1. The maximum Gasteiger partial charge on any atom is 0.311 e. The van der Waals surface area contributed by atoms with Gasteiger partial charge >= 0.3 is 5.97 Å². The van der Waals surface area contributed by atoms with E-state index in [2.05, 4.69) is 46.5 Å². The number of carboxylic acid groups (broad SMARTS) is 1. The molecule has 146 valence electrons. The smallest absolute Gasteiger partial charge is 0.311 e. The monoisotopic (exact) mass is 432 g/mol. The van der Waals surface area contributed by atoms with E-state index in [1.165, 1.54) is 5.56 Å². The average molecular weight is 433 g/mol. The summed E-state index contributed by atoms with van der Waals surface area (Å²) in [6.45, 7) is 0.716. The zero-order valence-electron chi connectivity index (χ0n) is 15.8. The summed E-state index contributed by atoms with van der Waals surface area (Å²) in [5.74, 6) is 6.59. The molecule has 8 heteroatoms. The molecule has 28 heavy (non-hydrogen) atoms. The van der Waals surface area contributed by atoms with Crippen molar-refractivity contribution in [3.05, 3.63) is 47.0 Å². The maximum absolute atomic E-state index is 10.7. The first kappa shape index (κ1) is 20.9. The molecule has 0 amide bonds. The number of aromatic nitrogens is 2. The Balaban J connectivity index is 1.97. The third-order valence-corrected chi connectivity index (χ3v) is 8.36. The molecular formula is C20H20N2O3S3. The van der Waals surface area contributed by atoms with Crippen LogP contribution in [0.2, 0.25) is 0 Å². The summed E-state index contributed by atoms with van der Waals surface area (Å²) in [6.07, 6.45) is 10.2. The first-order valence-electron chi connectivity index (χ1n) is 8.51. The molecule has 1 aromatic carbocycles. The summed E-state index contributed by atoms with van der Waals surface area (Å²) in [6, 6.07) is 4.22. The number of rotatable bonds is 5. The van der Waals surface area contributed by atoms with Crippen molar-refractivity contribution in [3.63, 3.8) is 0 Å². The SMILES string of the molecule is CSc1cc2c(cc1C#Cc1cnc(CC(=O)O)nc1)C(SC)(SC)CCO2. The topological polar surface area (TPSA) is 72.3 Å². The van der Waals surface area contributed by atoms with Crippen LogP contribution < -0.4 is 4.74 Å². The fourth-order valence-corrected chi connectivity index (χ4v) is 5.52. The van der Waals surface area contributed by atoms with Gasteiger partial charge in [-0.3, -0.25) is 4.79 Å². The Hall–Kier alpha value is -1.82. The highest BCUT2D eigenvalue weighted by Gasteiger charge is 2.37. The first-order chi connectivity index (χ1) is 13.5. The number of carboxylic acids is 1. The fraction of sp³-hybridized carbons (Fsp3) is 0.350. The number of hydrogen-bond donors (Lipinski definition) is 1. The molecule has 0 atom stereocenters. The standard InChI is InChI=1S/C20H20N2O3S3/c1-26-17-9-16-15(20(27-2,28-3)6-7-25-16)8-14(17)5-4-13-11-21-18(22-12-13)10-19(23)24/h8-9,11-12H,6-7,10H2,1-3H3,(H,23,24). The highest BCUT2D eigenvalue weighted by molar-refractivity contribution is 8.16. The van der Waals surface area contributed by atoms with Crippen LogP contribution in [0.3, 0.4) is 0 Å². The molecule has 3 rings (SSSR count). The Bertz CT molecular complexity index is 932. The summed E-state index contributed by atoms with van der Waals surface area (Å²) in [7, 11) is 0. The molecule has 0 bridgehead atoms. The number of thioether (sulfide) groups is 3. The highest BCUT2D eigenvalue weighted by Crippen LogP contribution is 2.53. The number of ether oxygens (including phenoxy) is 1. The van der Waals surface area contributed by atoms with Gasteiger partial charge in [-0.05, 0) is 30.9 Å². The normalized spacial score (nSPS) is 14.4. The molecule has 2 aromatic rings. The van der Waals surface area contributed by atoms with Gasteiger partial charge in [0, 0.05) is 34.8 Å². The molecule has 2 heterocycles. The lowest BCUT2D eigenvalue weighted by molar-refractivity contribution is -0.136. The predicted octanol–water partition coefficient (Wildman–Crippen LogP) is 3.89. The van der Waals surface area contributed by atoms with E-state index in [-0.39, 0.29) is 16.3 Å². The van der Waals surface area contributed by atoms with Gasteiger partial charge in [0.1, 0.15) is 18.0 Å². The van der Waals surface area contributed by atoms with Gasteiger partial charge < -0.3 is 9.84 Å². The molecule has 0 saturated carbocycles. The number of carbonyl (C=O) groups is 1. The van der Waals surface area contributed by atoms with Gasteiger partial charge in [-0.15, -0.1) is 35.3 Å². The fourth-order valence-electron chi connectivity index (χ4n) is 2.97. The van der Waals surface area contributed by atoms with E-state index >= 15 is 0 Å². The van der Waals surface area contributed by atoms with Crippen molar-refractivity contribution in [2.24, 2.45) is 0 Å². The second kappa shape index (κ2) is 9.12. The molecule has 1 N–H and O–H groups in total. The molecule has 0 aliphatic carbocycles. The van der Waals surface area contributed by atoms with E-state index in [4.69, 9.17) is 9.84 Å². The van der Waals surface area contributed by atoms with Crippen LogP contribution in [0, 0.1) is 11.8 Å². The van der Waals surface area contributed by atoms with Crippen molar-refractivity contribution in [1.29, 1.82) is 0 Å². The minimum atomic E-state index is -0.953. The van der Waals surface area contributed by atoms with Crippen molar-refractivity contribution >= 4 is 41.3 Å². The van der Waals surface area contributed by atoms with Gasteiger partial charge in [-0.2, -0.15) is 0 Å². The minimum Gasteiger partial charge on any atom is -0.493 e. The lowest BCUT2D eigenvalue weighted by Crippen LogP contribution is -2.26. The number of benzene rings is 1. The van der Waals surface area contributed by atoms with Gasteiger partial charge in [0.15, 0.2) is 0 Å². The van der Waals surface area contributed by atoms with E-state index in [1.54, 1.807) is 24.2 Å². The molecule has 5 nitrogen and oxygen atoms in total. The molecule has 0 unspecified atom stereocenters. The van der Waals surface area contributed by atoms with Crippen LogP contribution in [0.1, 0.15) is 28.9 Å². The van der Waals surface area contributed by atoms with Crippen molar-refractivity contribution < 1.29 is 14.6 Å². The van der Waals surface area contributed by atoms with Crippen LogP contribution >= 0.6 is 35.3 Å². The molecule has 0 saturated heterocycles. The van der Waals surface area contributed by atoms with E-state index in [0.29, 0.717) is 12.2 Å². The summed E-state index contributed by atoms with van der Waals surface area (Å²) >= 11 is 5.31. The van der Waals surface area contributed by atoms with E-state index in [9.17, 15) is 4.79 Å². The largest absolute Gasteiger partial charge is 0.493 e. The van der Waals surface area contributed by atoms with Gasteiger partial charge in [-0.1, -0.05) is 11.8 Å². The minimum absolute atomic E-state index is 0.0253. The Kier molecular flexibility index (Phi) is 6.81. The lowest BCUT2D eigenvalue weighted by Gasteiger charge is -2.36. The summed E-state index contributed by atoms with van der Waals surface area (Å²) in [4.78, 5) is 19.9. The summed E-state index contributed by atoms with van der Waals surface area (Å²) < 4.78 is 5.91. The third kappa shape index (κ3) is 4.43. The average Bonchev–Trinajstić information content (AvgIpc) is 2.71. The summed E-state index contributed by atoms with van der Waals surface area (Å²) in [5.41, 5.74) is 2.77. The van der Waals surface area contributed by atoms with Crippen LogP contribution in [-0.4, -0.2) is 46.4 Å². The molecule has 0 fully saturated rings. The predicted molar refractivity (Wildman–Crippen MR) is 116 cm³/mol. The number of hydrogen-bond acceptors (Lipinski definition) is 7. The zero-order valence-corrected chi connectivity index (χ0v) is 18.3. The molecule has 1 aromatic heterocycles.